The van der Waals surface area contributed by atoms with Gasteiger partial charge >= 0.3 is 0 Å². The molecule has 5 nitrogen and oxygen atoms in total. The Morgan fingerprint density at radius 3 is 2.59 bits per heavy atom. The fourth-order valence-electron chi connectivity index (χ4n) is 2.44. The molecule has 0 atom stereocenters. The summed E-state index contributed by atoms with van der Waals surface area (Å²) in [5, 5.41) is 6.06. The van der Waals surface area contributed by atoms with Gasteiger partial charge in [0.2, 0.25) is 0 Å². The maximum Gasteiger partial charge on any atom is 0.265 e. The maximum atomic E-state index is 12.6. The van der Waals surface area contributed by atoms with E-state index in [0.717, 1.165) is 10.8 Å². The summed E-state index contributed by atoms with van der Waals surface area (Å²) >= 11 is 0. The Hall–Kier alpha value is -2.34. The van der Waals surface area contributed by atoms with E-state index in [9.17, 15) is 8.42 Å². The van der Waals surface area contributed by atoms with E-state index in [-0.39, 0.29) is 4.90 Å². The van der Waals surface area contributed by atoms with E-state index in [1.165, 1.54) is 0 Å². The van der Waals surface area contributed by atoms with Crippen molar-refractivity contribution in [2.45, 2.75) is 25.3 Å². The van der Waals surface area contributed by atoms with Gasteiger partial charge in [0.1, 0.15) is 4.90 Å². The van der Waals surface area contributed by atoms with Crippen LogP contribution in [0.15, 0.2) is 53.6 Å². The van der Waals surface area contributed by atoms with Crippen molar-refractivity contribution in [2.75, 3.05) is 4.72 Å². The molecule has 0 saturated carbocycles. The zero-order chi connectivity index (χ0) is 15.7. The summed E-state index contributed by atoms with van der Waals surface area (Å²) in [4.78, 5) is 0.210. The van der Waals surface area contributed by atoms with E-state index < -0.39 is 10.0 Å². The number of hydrogen-bond donors (Lipinski definition) is 1. The highest BCUT2D eigenvalue weighted by Crippen LogP contribution is 2.26. The first-order valence-electron chi connectivity index (χ1n) is 7.06. The van der Waals surface area contributed by atoms with Gasteiger partial charge in [-0.25, -0.2) is 8.42 Å². The van der Waals surface area contributed by atoms with E-state index >= 15 is 0 Å². The molecule has 0 bridgehead atoms. The van der Waals surface area contributed by atoms with Crippen LogP contribution in [0.3, 0.4) is 0 Å². The van der Waals surface area contributed by atoms with Gasteiger partial charge in [0.25, 0.3) is 10.0 Å². The summed E-state index contributed by atoms with van der Waals surface area (Å²) in [6.45, 7) is 4.25. The molecule has 0 aliphatic carbocycles. The molecule has 0 aliphatic heterocycles. The number of nitrogens with one attached hydrogen (secondary N) is 1. The Kier molecular flexibility index (Phi) is 3.62. The van der Waals surface area contributed by atoms with Crippen molar-refractivity contribution in [1.29, 1.82) is 0 Å². The number of sulfonamides is 1. The predicted octanol–water partition coefficient (Wildman–Crippen LogP) is 3.17. The molecule has 3 aromatic rings. The van der Waals surface area contributed by atoms with E-state index in [1.54, 1.807) is 23.9 Å². The van der Waals surface area contributed by atoms with Crippen LogP contribution in [0.25, 0.3) is 10.8 Å². The zero-order valence-electron chi connectivity index (χ0n) is 12.4. The average Bonchev–Trinajstić information content (AvgIpc) is 2.89. The summed E-state index contributed by atoms with van der Waals surface area (Å²) < 4.78 is 29.6. The Bertz CT molecular complexity index is 924. The average molecular weight is 315 g/mol. The summed E-state index contributed by atoms with van der Waals surface area (Å²) in [6, 6.07) is 13.2. The molecule has 114 valence electrons. The highest BCUT2D eigenvalue weighted by atomic mass is 32.2. The number of rotatable bonds is 4. The summed E-state index contributed by atoms with van der Waals surface area (Å²) in [7, 11) is -3.66. The van der Waals surface area contributed by atoms with E-state index in [4.69, 9.17) is 0 Å². The van der Waals surface area contributed by atoms with Gasteiger partial charge < -0.3 is 0 Å². The molecule has 0 amide bonds. The third-order valence-corrected chi connectivity index (χ3v) is 5.02. The molecule has 2 aromatic carbocycles. The van der Waals surface area contributed by atoms with Crippen LogP contribution in [-0.4, -0.2) is 18.2 Å². The third kappa shape index (κ3) is 2.57. The lowest BCUT2D eigenvalue weighted by Crippen LogP contribution is -2.13. The first-order chi connectivity index (χ1) is 10.5. The van der Waals surface area contributed by atoms with E-state index in [0.29, 0.717) is 17.9 Å². The quantitative estimate of drug-likeness (QED) is 0.804. The van der Waals surface area contributed by atoms with Gasteiger partial charge in [-0.1, -0.05) is 36.4 Å². The molecule has 1 heterocycles. The molecule has 1 N–H and O–H groups in total. The molecule has 0 fully saturated rings. The molecule has 3 rings (SSSR count). The SMILES string of the molecule is CCn1cc(S(=O)(=O)Nc2cccc3ccccc23)c(C)n1. The lowest BCUT2D eigenvalue weighted by atomic mass is 10.1. The third-order valence-electron chi connectivity index (χ3n) is 3.55. The van der Waals surface area contributed by atoms with Gasteiger partial charge in [-0.2, -0.15) is 5.10 Å². The van der Waals surface area contributed by atoms with Crippen molar-refractivity contribution >= 4 is 26.5 Å². The molecule has 22 heavy (non-hydrogen) atoms. The molecule has 0 radical (unpaired) electrons. The monoisotopic (exact) mass is 315 g/mol. The second-order valence-electron chi connectivity index (χ2n) is 5.07. The number of benzene rings is 2. The van der Waals surface area contributed by atoms with Crippen LogP contribution in [0.2, 0.25) is 0 Å². The fraction of sp³-hybridized carbons (Fsp3) is 0.188. The van der Waals surface area contributed by atoms with Crippen molar-refractivity contribution in [3.63, 3.8) is 0 Å². The molecule has 6 heteroatoms. The first kappa shape index (κ1) is 14.6. The Labute approximate surface area is 129 Å². The molecule has 0 spiro atoms. The summed E-state index contributed by atoms with van der Waals surface area (Å²) in [6.07, 6.45) is 1.56. The van der Waals surface area contributed by atoms with Crippen molar-refractivity contribution in [2.24, 2.45) is 0 Å². The van der Waals surface area contributed by atoms with E-state index in [2.05, 4.69) is 9.82 Å². The van der Waals surface area contributed by atoms with Crippen LogP contribution in [0, 0.1) is 6.92 Å². The standard InChI is InChI=1S/C16H17N3O2S/c1-3-19-11-16(12(2)17-19)22(20,21)18-15-10-6-8-13-7-4-5-9-14(13)15/h4-11,18H,3H2,1-2H3. The Morgan fingerprint density at radius 2 is 1.86 bits per heavy atom. The summed E-state index contributed by atoms with van der Waals surface area (Å²) in [5.74, 6) is 0. The normalized spacial score (nSPS) is 11.7. The van der Waals surface area contributed by atoms with Crippen LogP contribution < -0.4 is 4.72 Å². The van der Waals surface area contributed by atoms with Gasteiger partial charge in [0.15, 0.2) is 0 Å². The van der Waals surface area contributed by atoms with Crippen molar-refractivity contribution in [3.8, 4) is 0 Å². The minimum atomic E-state index is -3.66. The molecular formula is C16H17N3O2S. The predicted molar refractivity (Wildman–Crippen MR) is 87.4 cm³/mol. The molecule has 0 unspecified atom stereocenters. The second-order valence-corrected chi connectivity index (χ2v) is 6.72. The molecule has 1 aromatic heterocycles. The van der Waals surface area contributed by atoms with E-state index in [1.807, 2.05) is 43.3 Å². The highest BCUT2D eigenvalue weighted by molar-refractivity contribution is 7.92. The van der Waals surface area contributed by atoms with Gasteiger partial charge in [0, 0.05) is 18.1 Å². The first-order valence-corrected chi connectivity index (χ1v) is 8.54. The number of aryl methyl sites for hydroxylation is 2. The molecule has 0 aliphatic rings. The second kappa shape index (κ2) is 5.46. The van der Waals surface area contributed by atoms with Crippen molar-refractivity contribution in [1.82, 2.24) is 9.78 Å². The molecular weight excluding hydrogens is 298 g/mol. The smallest absolute Gasteiger partial charge is 0.265 e. The lowest BCUT2D eigenvalue weighted by Gasteiger charge is -2.10. The van der Waals surface area contributed by atoms with Crippen LogP contribution in [0.5, 0.6) is 0 Å². The number of anilines is 1. The minimum Gasteiger partial charge on any atom is -0.279 e. The van der Waals surface area contributed by atoms with Crippen LogP contribution in [0.4, 0.5) is 5.69 Å². The van der Waals surface area contributed by atoms with Gasteiger partial charge in [0.05, 0.1) is 11.4 Å². The van der Waals surface area contributed by atoms with Gasteiger partial charge in [-0.3, -0.25) is 9.40 Å². The topological polar surface area (TPSA) is 64.0 Å². The number of nitrogens with zero attached hydrogens (tertiary/aromatic N) is 2. The van der Waals surface area contributed by atoms with Crippen LogP contribution in [-0.2, 0) is 16.6 Å². The minimum absolute atomic E-state index is 0.210. The number of fused-ring (bicyclic) bond motifs is 1. The van der Waals surface area contributed by atoms with Gasteiger partial charge in [-0.05, 0) is 25.3 Å². The lowest BCUT2D eigenvalue weighted by molar-refractivity contribution is 0.600. The van der Waals surface area contributed by atoms with Crippen molar-refractivity contribution in [3.05, 3.63) is 54.4 Å². The summed E-state index contributed by atoms with van der Waals surface area (Å²) in [5.41, 5.74) is 1.07. The maximum absolute atomic E-state index is 12.6. The number of hydrogen-bond acceptors (Lipinski definition) is 3. The number of aromatic nitrogens is 2. The largest absolute Gasteiger partial charge is 0.279 e. The Morgan fingerprint density at radius 1 is 1.14 bits per heavy atom. The van der Waals surface area contributed by atoms with Crippen LogP contribution in [0.1, 0.15) is 12.6 Å². The zero-order valence-corrected chi connectivity index (χ0v) is 13.3. The fourth-order valence-corrected chi connectivity index (χ4v) is 3.71. The van der Waals surface area contributed by atoms with Gasteiger partial charge in [-0.15, -0.1) is 0 Å². The highest BCUT2D eigenvalue weighted by Gasteiger charge is 2.21. The Balaban J connectivity index is 2.05. The van der Waals surface area contributed by atoms with Crippen LogP contribution >= 0.6 is 0 Å². The molecule has 0 saturated heterocycles. The van der Waals surface area contributed by atoms with Crippen molar-refractivity contribution < 1.29 is 8.42 Å².